The summed E-state index contributed by atoms with van der Waals surface area (Å²) in [7, 11) is 0. The van der Waals surface area contributed by atoms with Gasteiger partial charge in [-0.15, -0.1) is 0 Å². The largest absolute Gasteiger partial charge is 0.481 e. The summed E-state index contributed by atoms with van der Waals surface area (Å²) in [6.45, 7) is 4.02. The molecule has 0 amide bonds. The monoisotopic (exact) mass is 198 g/mol. The first-order chi connectivity index (χ1) is 6.54. The van der Waals surface area contributed by atoms with Crippen LogP contribution in [0.5, 0.6) is 0 Å². The smallest absolute Gasteiger partial charge is 0.306 e. The minimum absolute atomic E-state index is 0.278. The van der Waals surface area contributed by atoms with Crippen LogP contribution in [0.25, 0.3) is 0 Å². The van der Waals surface area contributed by atoms with E-state index in [4.69, 9.17) is 10.8 Å². The molecule has 0 aromatic heterocycles. The van der Waals surface area contributed by atoms with E-state index >= 15 is 0 Å². The number of rotatable bonds is 6. The van der Waals surface area contributed by atoms with E-state index in [1.165, 1.54) is 0 Å². The van der Waals surface area contributed by atoms with Gasteiger partial charge in [0.2, 0.25) is 0 Å². The van der Waals surface area contributed by atoms with Crippen LogP contribution in [-0.2, 0) is 4.79 Å². The van der Waals surface area contributed by atoms with Crippen LogP contribution in [-0.4, -0.2) is 23.5 Å². The van der Waals surface area contributed by atoms with Gasteiger partial charge in [0.15, 0.2) is 0 Å². The Morgan fingerprint density at radius 1 is 1.57 bits per heavy atom. The number of allylic oxidation sites excluding steroid dienone is 1. The molecule has 0 aliphatic carbocycles. The van der Waals surface area contributed by atoms with Crippen LogP contribution < -0.4 is 5.73 Å². The molecular formula is C10H18N2O2. The Bertz CT molecular complexity index is 230. The van der Waals surface area contributed by atoms with E-state index in [0.29, 0.717) is 18.8 Å². The molecule has 0 aliphatic heterocycles. The van der Waals surface area contributed by atoms with Gasteiger partial charge in [0, 0.05) is 0 Å². The van der Waals surface area contributed by atoms with E-state index < -0.39 is 5.97 Å². The number of hydrogen-bond acceptors (Lipinski definition) is 2. The quantitative estimate of drug-likeness (QED) is 0.385. The number of hydrogen-bond donors (Lipinski definition) is 2. The summed E-state index contributed by atoms with van der Waals surface area (Å²) >= 11 is 0. The predicted octanol–water partition coefficient (Wildman–Crippen LogP) is 1.42. The maximum absolute atomic E-state index is 10.4. The summed E-state index contributed by atoms with van der Waals surface area (Å²) in [4.78, 5) is 14.4. The molecule has 0 saturated heterocycles. The molecule has 0 aliphatic rings. The van der Waals surface area contributed by atoms with Crippen molar-refractivity contribution in [3.8, 4) is 0 Å². The van der Waals surface area contributed by atoms with Crippen molar-refractivity contribution in [3.63, 3.8) is 0 Å². The third-order valence-electron chi connectivity index (χ3n) is 1.80. The molecule has 0 aromatic carbocycles. The van der Waals surface area contributed by atoms with Crippen LogP contribution in [0.2, 0.25) is 0 Å². The third kappa shape index (κ3) is 7.34. The van der Waals surface area contributed by atoms with Gasteiger partial charge in [-0.2, -0.15) is 0 Å². The number of aliphatic imine (C=N–C) groups is 1. The number of nitrogens with zero attached hydrogens (tertiary/aromatic N) is 1. The van der Waals surface area contributed by atoms with Gasteiger partial charge in [0.25, 0.3) is 0 Å². The summed E-state index contributed by atoms with van der Waals surface area (Å²) in [5.41, 5.74) is 5.33. The highest BCUT2D eigenvalue weighted by molar-refractivity contribution is 5.77. The van der Waals surface area contributed by atoms with Crippen LogP contribution in [0, 0.1) is 5.92 Å². The van der Waals surface area contributed by atoms with Gasteiger partial charge in [-0.05, 0) is 19.8 Å². The van der Waals surface area contributed by atoms with Gasteiger partial charge < -0.3 is 10.8 Å². The van der Waals surface area contributed by atoms with Gasteiger partial charge >= 0.3 is 5.97 Å². The number of carboxylic acids is 1. The van der Waals surface area contributed by atoms with E-state index in [-0.39, 0.29) is 5.92 Å². The topological polar surface area (TPSA) is 75.7 Å². The van der Waals surface area contributed by atoms with Crippen molar-refractivity contribution < 1.29 is 9.90 Å². The minimum atomic E-state index is -0.741. The first kappa shape index (κ1) is 12.7. The number of carboxylic acid groups (broad SMARTS) is 1. The van der Waals surface area contributed by atoms with Crippen molar-refractivity contribution in [2.24, 2.45) is 16.6 Å². The average molecular weight is 198 g/mol. The molecule has 0 spiro atoms. The Morgan fingerprint density at radius 2 is 2.21 bits per heavy atom. The summed E-state index contributed by atoms with van der Waals surface area (Å²) in [5.74, 6) is -0.456. The Labute approximate surface area is 84.5 Å². The second-order valence-corrected chi connectivity index (χ2v) is 3.27. The maximum atomic E-state index is 10.4. The van der Waals surface area contributed by atoms with E-state index in [9.17, 15) is 4.79 Å². The third-order valence-corrected chi connectivity index (χ3v) is 1.80. The van der Waals surface area contributed by atoms with Crippen LogP contribution in [0.1, 0.15) is 26.7 Å². The standard InChI is InChI=1S/C10H18N2O2/c1-8(10(13)14)6-4-3-5-7-12-9(2)11/h3,5,8H,4,6-7H2,1-2H3,(H2,11,12)(H,13,14). The zero-order chi connectivity index (χ0) is 11.0. The molecule has 3 N–H and O–H groups in total. The lowest BCUT2D eigenvalue weighted by molar-refractivity contribution is -0.141. The van der Waals surface area contributed by atoms with E-state index in [1.807, 2.05) is 12.2 Å². The van der Waals surface area contributed by atoms with Gasteiger partial charge in [0.05, 0.1) is 18.3 Å². The van der Waals surface area contributed by atoms with Crippen LogP contribution >= 0.6 is 0 Å². The molecular weight excluding hydrogens is 180 g/mol. The molecule has 14 heavy (non-hydrogen) atoms. The first-order valence-electron chi connectivity index (χ1n) is 4.68. The van der Waals surface area contributed by atoms with E-state index in [1.54, 1.807) is 13.8 Å². The normalized spacial score (nSPS) is 14.6. The Kier molecular flexibility index (Phi) is 6.45. The van der Waals surface area contributed by atoms with Crippen molar-refractivity contribution in [2.75, 3.05) is 6.54 Å². The van der Waals surface area contributed by atoms with Crippen LogP contribution in [0.3, 0.4) is 0 Å². The summed E-state index contributed by atoms with van der Waals surface area (Å²) in [5, 5.41) is 8.60. The molecule has 0 rings (SSSR count). The molecule has 0 radical (unpaired) electrons. The fourth-order valence-corrected chi connectivity index (χ4v) is 0.859. The molecule has 0 fully saturated rings. The fourth-order valence-electron chi connectivity index (χ4n) is 0.859. The number of aliphatic carboxylic acids is 1. The summed E-state index contributed by atoms with van der Waals surface area (Å²) < 4.78 is 0. The fraction of sp³-hybridized carbons (Fsp3) is 0.600. The molecule has 0 aromatic rings. The Balaban J connectivity index is 3.54. The number of nitrogens with two attached hydrogens (primary N) is 1. The highest BCUT2D eigenvalue weighted by Gasteiger charge is 2.08. The number of amidine groups is 1. The zero-order valence-corrected chi connectivity index (χ0v) is 8.73. The van der Waals surface area contributed by atoms with E-state index in [0.717, 1.165) is 6.42 Å². The molecule has 0 bridgehead atoms. The van der Waals surface area contributed by atoms with Gasteiger partial charge in [-0.25, -0.2) is 0 Å². The first-order valence-corrected chi connectivity index (χ1v) is 4.68. The van der Waals surface area contributed by atoms with Gasteiger partial charge in [0.1, 0.15) is 0 Å². The predicted molar refractivity (Wildman–Crippen MR) is 57.3 cm³/mol. The molecule has 1 atom stereocenters. The summed E-state index contributed by atoms with van der Waals surface area (Å²) in [6.07, 6.45) is 5.26. The molecule has 4 heteroatoms. The van der Waals surface area contributed by atoms with Gasteiger partial charge in [-0.1, -0.05) is 19.1 Å². The molecule has 0 heterocycles. The minimum Gasteiger partial charge on any atom is -0.481 e. The highest BCUT2D eigenvalue weighted by Crippen LogP contribution is 2.05. The lowest BCUT2D eigenvalue weighted by Gasteiger charge is -2.01. The Morgan fingerprint density at radius 3 is 2.71 bits per heavy atom. The second-order valence-electron chi connectivity index (χ2n) is 3.27. The van der Waals surface area contributed by atoms with Crippen molar-refractivity contribution in [1.29, 1.82) is 0 Å². The second kappa shape index (κ2) is 7.12. The SMILES string of the molecule is CC(N)=NCC=CCCC(C)C(=O)O. The van der Waals surface area contributed by atoms with E-state index in [2.05, 4.69) is 4.99 Å². The van der Waals surface area contributed by atoms with Gasteiger partial charge in [-0.3, -0.25) is 9.79 Å². The lowest BCUT2D eigenvalue weighted by atomic mass is 10.1. The molecule has 80 valence electrons. The van der Waals surface area contributed by atoms with Crippen molar-refractivity contribution >= 4 is 11.8 Å². The van der Waals surface area contributed by atoms with Crippen molar-refractivity contribution in [2.45, 2.75) is 26.7 Å². The summed E-state index contributed by atoms with van der Waals surface area (Å²) in [6, 6.07) is 0. The lowest BCUT2D eigenvalue weighted by Crippen LogP contribution is -2.08. The van der Waals surface area contributed by atoms with Crippen LogP contribution in [0.15, 0.2) is 17.1 Å². The van der Waals surface area contributed by atoms with Crippen LogP contribution in [0.4, 0.5) is 0 Å². The number of carbonyl (C=O) groups is 1. The van der Waals surface area contributed by atoms with Crippen molar-refractivity contribution in [3.05, 3.63) is 12.2 Å². The van der Waals surface area contributed by atoms with Crippen molar-refractivity contribution in [1.82, 2.24) is 0 Å². The molecule has 0 saturated carbocycles. The Hall–Kier alpha value is -1.32. The average Bonchev–Trinajstić information content (AvgIpc) is 2.09. The molecule has 4 nitrogen and oxygen atoms in total. The highest BCUT2D eigenvalue weighted by atomic mass is 16.4. The molecule has 1 unspecified atom stereocenters. The zero-order valence-electron chi connectivity index (χ0n) is 8.73. The maximum Gasteiger partial charge on any atom is 0.306 e.